The highest BCUT2D eigenvalue weighted by Crippen LogP contribution is 2.47. The molecule has 0 radical (unpaired) electrons. The third-order valence-corrected chi connectivity index (χ3v) is 9.35. The Morgan fingerprint density at radius 3 is 2.47 bits per heavy atom. The van der Waals surface area contributed by atoms with Gasteiger partial charge in [-0.15, -0.1) is 0 Å². The number of benzene rings is 3. The van der Waals surface area contributed by atoms with Gasteiger partial charge >= 0.3 is 0 Å². The molecule has 1 spiro atoms. The van der Waals surface area contributed by atoms with Gasteiger partial charge in [-0.25, -0.2) is 0 Å². The second-order valence-electron chi connectivity index (χ2n) is 11.6. The molecular weight excluding hydrogens is 564 g/mol. The summed E-state index contributed by atoms with van der Waals surface area (Å²) in [6, 6.07) is 23.0. The quantitative estimate of drug-likeness (QED) is 0.328. The number of amides is 2. The van der Waals surface area contributed by atoms with Gasteiger partial charge in [0.1, 0.15) is 5.54 Å². The third-order valence-electron chi connectivity index (χ3n) is 9.11. The van der Waals surface area contributed by atoms with Crippen molar-refractivity contribution in [2.24, 2.45) is 5.92 Å². The number of anilines is 3. The smallest absolute Gasteiger partial charge is 0.264 e. The lowest BCUT2D eigenvalue weighted by Crippen LogP contribution is -2.55. The van der Waals surface area contributed by atoms with Crippen LogP contribution in [0.5, 0.6) is 0 Å². The van der Waals surface area contributed by atoms with Gasteiger partial charge in [0.25, 0.3) is 11.8 Å². The predicted molar refractivity (Wildman–Crippen MR) is 169 cm³/mol. The first-order valence-electron chi connectivity index (χ1n) is 14.9. The maximum absolute atomic E-state index is 14.2. The van der Waals surface area contributed by atoms with E-state index in [0.717, 1.165) is 42.9 Å². The molecule has 3 aromatic carbocycles. The highest BCUT2D eigenvalue weighted by Gasteiger charge is 2.54. The van der Waals surface area contributed by atoms with Gasteiger partial charge in [-0.3, -0.25) is 14.5 Å². The maximum Gasteiger partial charge on any atom is 0.264 e. The molecule has 2 atom stereocenters. The summed E-state index contributed by atoms with van der Waals surface area (Å²) in [5.74, 6) is -0.893. The molecule has 3 aliphatic rings. The minimum absolute atomic E-state index is 0.0128. The van der Waals surface area contributed by atoms with Crippen LogP contribution in [0.3, 0.4) is 0 Å². The van der Waals surface area contributed by atoms with Crippen LogP contribution in [0.15, 0.2) is 84.9 Å². The predicted octanol–water partition coefficient (Wildman–Crippen LogP) is 4.58. The molecule has 9 heteroatoms. The van der Waals surface area contributed by atoms with E-state index < -0.39 is 23.0 Å². The van der Waals surface area contributed by atoms with Gasteiger partial charge in [-0.2, -0.15) is 0 Å². The monoisotopic (exact) mass is 600 g/mol. The molecule has 224 valence electrons. The van der Waals surface area contributed by atoms with Crippen molar-refractivity contribution >= 4 is 40.5 Å². The number of carbonyl (C=O) groups excluding carboxylic acids is 2. The Morgan fingerprint density at radius 2 is 1.72 bits per heavy atom. The van der Waals surface area contributed by atoms with Crippen LogP contribution in [0.2, 0.25) is 5.02 Å². The van der Waals surface area contributed by atoms with Crippen LogP contribution in [-0.2, 0) is 21.7 Å². The molecule has 2 saturated heterocycles. The molecule has 0 unspecified atom stereocenters. The Kier molecular flexibility index (Phi) is 8.04. The topological polar surface area (TPSA) is 96.3 Å². The van der Waals surface area contributed by atoms with Crippen molar-refractivity contribution in [2.45, 2.75) is 43.9 Å². The number of hydrogen-bond acceptors (Lipinski definition) is 6. The molecule has 3 aromatic rings. The Balaban J connectivity index is 1.31. The molecule has 3 heterocycles. The number of carbonyl (C=O) groups is 2. The minimum atomic E-state index is -1.80. The minimum Gasteiger partial charge on any atom is -0.396 e. The van der Waals surface area contributed by atoms with Crippen molar-refractivity contribution in [3.05, 3.63) is 101 Å². The van der Waals surface area contributed by atoms with Crippen LogP contribution in [0.1, 0.15) is 37.3 Å². The number of aliphatic hydroxyl groups excluding tert-OH is 1. The van der Waals surface area contributed by atoms with E-state index in [1.165, 1.54) is 0 Å². The van der Waals surface area contributed by atoms with Crippen molar-refractivity contribution in [2.75, 3.05) is 41.1 Å². The van der Waals surface area contributed by atoms with Crippen molar-refractivity contribution in [1.29, 1.82) is 0 Å². The summed E-state index contributed by atoms with van der Waals surface area (Å²) >= 11 is 6.33. The molecule has 0 aromatic heterocycles. The van der Waals surface area contributed by atoms with Crippen molar-refractivity contribution < 1.29 is 19.8 Å². The number of nitrogens with one attached hydrogen (secondary N) is 1. The summed E-state index contributed by atoms with van der Waals surface area (Å²) in [5, 5.41) is 24.9. The number of halogens is 1. The summed E-state index contributed by atoms with van der Waals surface area (Å²) in [6.07, 6.45) is 5.41. The number of aliphatic hydroxyl groups is 2. The summed E-state index contributed by atoms with van der Waals surface area (Å²) < 4.78 is 0. The Hall–Kier alpha value is -3.69. The zero-order valence-electron chi connectivity index (χ0n) is 24.2. The number of para-hydroxylation sites is 1. The highest BCUT2D eigenvalue weighted by atomic mass is 35.5. The van der Waals surface area contributed by atoms with E-state index in [1.807, 2.05) is 47.4 Å². The van der Waals surface area contributed by atoms with Gasteiger partial charge in [0.2, 0.25) is 0 Å². The lowest BCUT2D eigenvalue weighted by molar-refractivity contribution is -0.139. The fraction of sp³-hybridized carbons (Fsp3) is 0.353. The molecule has 8 nitrogen and oxygen atoms in total. The molecular formula is C34H37ClN4O4. The van der Waals surface area contributed by atoms with E-state index in [2.05, 4.69) is 22.3 Å². The largest absolute Gasteiger partial charge is 0.396 e. The van der Waals surface area contributed by atoms with Gasteiger partial charge in [0.15, 0.2) is 5.60 Å². The molecule has 2 amide bonds. The second kappa shape index (κ2) is 11.8. The van der Waals surface area contributed by atoms with E-state index in [-0.39, 0.29) is 19.1 Å². The van der Waals surface area contributed by atoms with Crippen LogP contribution < -0.4 is 20.0 Å². The summed E-state index contributed by atoms with van der Waals surface area (Å²) in [7, 11) is 0. The van der Waals surface area contributed by atoms with E-state index in [1.54, 1.807) is 42.2 Å². The Bertz CT molecular complexity index is 1540. The van der Waals surface area contributed by atoms with E-state index in [9.17, 15) is 19.8 Å². The Labute approximate surface area is 257 Å². The summed E-state index contributed by atoms with van der Waals surface area (Å²) in [4.78, 5) is 33.8. The number of rotatable bonds is 8. The molecule has 0 aliphatic carbocycles. The SMILES string of the molecule is C[C@H](/C=C/CCO)[C@@]1(O)C(=O)N(Cc2cccc(N3CN(c4ccccc4)C4(CCNCC4)C3=O)c2)c2ccc(Cl)cc21. The van der Waals surface area contributed by atoms with Gasteiger partial charge in [0.05, 0.1) is 18.9 Å². The Morgan fingerprint density at radius 1 is 0.977 bits per heavy atom. The van der Waals surface area contributed by atoms with Crippen LogP contribution in [0.25, 0.3) is 0 Å². The maximum atomic E-state index is 14.2. The van der Waals surface area contributed by atoms with Crippen molar-refractivity contribution in [1.82, 2.24) is 5.32 Å². The zero-order valence-corrected chi connectivity index (χ0v) is 25.0. The fourth-order valence-electron chi connectivity index (χ4n) is 6.76. The zero-order chi connectivity index (χ0) is 30.2. The lowest BCUT2D eigenvalue weighted by atomic mass is 9.83. The average Bonchev–Trinajstić information content (AvgIpc) is 3.41. The number of nitrogens with zero attached hydrogens (tertiary/aromatic N) is 3. The molecule has 0 saturated carbocycles. The number of fused-ring (bicyclic) bond motifs is 1. The van der Waals surface area contributed by atoms with Gasteiger partial charge in [-0.1, -0.05) is 61.0 Å². The van der Waals surface area contributed by atoms with Crippen LogP contribution in [-0.4, -0.2) is 53.9 Å². The van der Waals surface area contributed by atoms with Gasteiger partial charge in [0, 0.05) is 34.5 Å². The molecule has 3 N–H and O–H groups in total. The van der Waals surface area contributed by atoms with Crippen LogP contribution in [0.4, 0.5) is 17.1 Å². The van der Waals surface area contributed by atoms with Crippen molar-refractivity contribution in [3.63, 3.8) is 0 Å². The standard InChI is InChI=1S/C34H37ClN4O4/c1-24(8-5-6-19-40)34(43)29-21-26(35)13-14-30(29)37(32(34)42)22-25-9-7-12-28(20-25)38-23-39(27-10-3-2-4-11-27)33(31(38)41)15-17-36-18-16-33/h2-5,7-14,20-21,24,36,40,43H,6,15-19,22-23H2,1H3/b8-5+/t24-,34+/m1/s1. The second-order valence-corrected chi connectivity index (χ2v) is 12.1. The van der Waals surface area contributed by atoms with E-state index in [0.29, 0.717) is 29.4 Å². The molecule has 3 aliphatic heterocycles. The summed E-state index contributed by atoms with van der Waals surface area (Å²) in [6.45, 7) is 3.99. The first kappa shape index (κ1) is 29.4. The fourth-order valence-corrected chi connectivity index (χ4v) is 6.94. The van der Waals surface area contributed by atoms with Gasteiger partial charge < -0.3 is 25.3 Å². The highest BCUT2D eigenvalue weighted by molar-refractivity contribution is 6.31. The summed E-state index contributed by atoms with van der Waals surface area (Å²) in [5.41, 5.74) is 1.29. The first-order chi connectivity index (χ1) is 20.8. The normalized spacial score (nSPS) is 22.2. The molecule has 2 fully saturated rings. The van der Waals surface area contributed by atoms with E-state index in [4.69, 9.17) is 11.6 Å². The van der Waals surface area contributed by atoms with Gasteiger partial charge in [-0.05, 0) is 80.4 Å². The third kappa shape index (κ3) is 5.02. The van der Waals surface area contributed by atoms with E-state index >= 15 is 0 Å². The lowest BCUT2D eigenvalue weighted by Gasteiger charge is -2.39. The number of piperidine rings is 1. The van der Waals surface area contributed by atoms with Crippen molar-refractivity contribution in [3.8, 4) is 0 Å². The molecule has 6 rings (SSSR count). The number of hydrogen-bond donors (Lipinski definition) is 3. The van der Waals surface area contributed by atoms with Crippen LogP contribution >= 0.6 is 11.6 Å². The first-order valence-corrected chi connectivity index (χ1v) is 15.2. The average molecular weight is 601 g/mol. The molecule has 0 bridgehead atoms. The molecule has 43 heavy (non-hydrogen) atoms. The van der Waals surface area contributed by atoms with Crippen LogP contribution in [0, 0.1) is 5.92 Å².